The first-order valence-corrected chi connectivity index (χ1v) is 7.01. The number of carboxylic acid groups (broad SMARTS) is 2. The first-order valence-electron chi connectivity index (χ1n) is 7.01. The maximum absolute atomic E-state index is 11.7. The Morgan fingerprint density at radius 1 is 1.13 bits per heavy atom. The minimum absolute atomic E-state index is 0.00210. The van der Waals surface area contributed by atoms with Crippen molar-refractivity contribution in [2.24, 2.45) is 5.92 Å². The Bertz CT molecular complexity index is 534. The normalized spacial score (nSPS) is 12.9. The number of nitrogens with one attached hydrogen (secondary N) is 2. The second-order valence-corrected chi connectivity index (χ2v) is 4.93. The Balaban J connectivity index is 2.55. The minimum Gasteiger partial charge on any atom is -0.481 e. The van der Waals surface area contributed by atoms with Crippen LogP contribution in [0.4, 0.5) is 4.79 Å². The molecule has 1 rings (SSSR count). The first kappa shape index (κ1) is 18.4. The van der Waals surface area contributed by atoms with Crippen molar-refractivity contribution in [3.8, 4) is 0 Å². The highest BCUT2D eigenvalue weighted by atomic mass is 16.5. The van der Waals surface area contributed by atoms with Crippen LogP contribution < -0.4 is 10.6 Å². The van der Waals surface area contributed by atoms with Crippen LogP contribution >= 0.6 is 0 Å². The largest absolute Gasteiger partial charge is 0.481 e. The van der Waals surface area contributed by atoms with E-state index in [0.29, 0.717) is 0 Å². The summed E-state index contributed by atoms with van der Waals surface area (Å²) in [6.45, 7) is 0.0950. The molecule has 8 nitrogen and oxygen atoms in total. The molecule has 0 aliphatic rings. The summed E-state index contributed by atoms with van der Waals surface area (Å²) in [5, 5.41) is 23.0. The van der Waals surface area contributed by atoms with Gasteiger partial charge in [-0.3, -0.25) is 4.79 Å². The monoisotopic (exact) mass is 324 g/mol. The molecule has 0 aliphatic carbocycles. The van der Waals surface area contributed by atoms with Crippen LogP contribution in [0.5, 0.6) is 0 Å². The van der Waals surface area contributed by atoms with Crippen molar-refractivity contribution in [3.63, 3.8) is 0 Å². The third-order valence-corrected chi connectivity index (χ3v) is 3.12. The van der Waals surface area contributed by atoms with Gasteiger partial charge in [-0.05, 0) is 19.0 Å². The first-order chi connectivity index (χ1) is 10.9. The van der Waals surface area contributed by atoms with Crippen LogP contribution in [0.2, 0.25) is 0 Å². The number of amides is 1. The fraction of sp³-hybridized carbons (Fsp3) is 0.400. The van der Waals surface area contributed by atoms with Gasteiger partial charge < -0.3 is 25.6 Å². The predicted octanol–water partition coefficient (Wildman–Crippen LogP) is 0.676. The average molecular weight is 324 g/mol. The van der Waals surface area contributed by atoms with Gasteiger partial charge in [-0.2, -0.15) is 0 Å². The highest BCUT2D eigenvalue weighted by molar-refractivity contribution is 5.81. The third kappa shape index (κ3) is 6.79. The van der Waals surface area contributed by atoms with Crippen molar-refractivity contribution in [1.82, 2.24) is 10.6 Å². The van der Waals surface area contributed by atoms with Crippen LogP contribution in [0.3, 0.4) is 0 Å². The SMILES string of the molecule is CNCC(CC(NC(=O)OCc1ccccc1)C(=O)O)C(=O)O. The predicted molar refractivity (Wildman–Crippen MR) is 80.9 cm³/mol. The number of aliphatic carboxylic acids is 2. The summed E-state index contributed by atoms with van der Waals surface area (Å²) in [7, 11) is 1.56. The van der Waals surface area contributed by atoms with Gasteiger partial charge in [-0.1, -0.05) is 30.3 Å². The average Bonchev–Trinajstić information content (AvgIpc) is 2.52. The fourth-order valence-electron chi connectivity index (χ4n) is 1.93. The van der Waals surface area contributed by atoms with Gasteiger partial charge in [0.2, 0.25) is 0 Å². The van der Waals surface area contributed by atoms with Crippen LogP contribution in [0, 0.1) is 5.92 Å². The second kappa shape index (κ2) is 9.42. The van der Waals surface area contributed by atoms with Gasteiger partial charge in [0.05, 0.1) is 5.92 Å². The maximum Gasteiger partial charge on any atom is 0.408 e. The number of ether oxygens (including phenoxy) is 1. The molecule has 1 aromatic carbocycles. The summed E-state index contributed by atoms with van der Waals surface area (Å²) in [4.78, 5) is 33.9. The van der Waals surface area contributed by atoms with E-state index in [1.54, 1.807) is 31.3 Å². The number of rotatable bonds is 9. The molecular formula is C15H20N2O6. The Hall–Kier alpha value is -2.61. The molecule has 0 saturated heterocycles. The Morgan fingerprint density at radius 3 is 2.30 bits per heavy atom. The molecule has 23 heavy (non-hydrogen) atoms. The van der Waals surface area contributed by atoms with Crippen molar-refractivity contribution in [2.45, 2.75) is 19.1 Å². The van der Waals surface area contributed by atoms with Gasteiger partial charge >= 0.3 is 18.0 Å². The molecule has 0 bridgehead atoms. The summed E-state index contributed by atoms with van der Waals surface area (Å²) in [6, 6.07) is 7.56. The van der Waals surface area contributed by atoms with Gasteiger partial charge in [0.25, 0.3) is 0 Å². The Morgan fingerprint density at radius 2 is 1.78 bits per heavy atom. The van der Waals surface area contributed by atoms with E-state index in [1.807, 2.05) is 6.07 Å². The molecule has 1 amide bonds. The number of carbonyl (C=O) groups excluding carboxylic acids is 1. The van der Waals surface area contributed by atoms with Crippen molar-refractivity contribution in [2.75, 3.05) is 13.6 Å². The smallest absolute Gasteiger partial charge is 0.408 e. The van der Waals surface area contributed by atoms with E-state index in [2.05, 4.69) is 10.6 Å². The van der Waals surface area contributed by atoms with E-state index in [0.717, 1.165) is 5.56 Å². The zero-order chi connectivity index (χ0) is 17.2. The van der Waals surface area contributed by atoms with Crippen molar-refractivity contribution >= 4 is 18.0 Å². The van der Waals surface area contributed by atoms with Crippen LogP contribution in [-0.4, -0.2) is 47.9 Å². The molecule has 2 atom stereocenters. The van der Waals surface area contributed by atoms with Crippen LogP contribution in [0.25, 0.3) is 0 Å². The molecule has 0 radical (unpaired) electrons. The molecule has 1 aromatic rings. The quantitative estimate of drug-likeness (QED) is 0.526. The van der Waals surface area contributed by atoms with Crippen LogP contribution in [0.15, 0.2) is 30.3 Å². The number of alkyl carbamates (subject to hydrolysis) is 1. The molecule has 126 valence electrons. The zero-order valence-corrected chi connectivity index (χ0v) is 12.7. The zero-order valence-electron chi connectivity index (χ0n) is 12.7. The van der Waals surface area contributed by atoms with Crippen molar-refractivity contribution in [3.05, 3.63) is 35.9 Å². The summed E-state index contributed by atoms with van der Waals surface area (Å²) in [5.74, 6) is -3.38. The lowest BCUT2D eigenvalue weighted by atomic mass is 10.00. The molecule has 2 unspecified atom stereocenters. The number of carboxylic acids is 2. The molecule has 0 saturated carbocycles. The standard InChI is InChI=1S/C15H20N2O6/c1-16-8-11(13(18)19)7-12(14(20)21)17-15(22)23-9-10-5-3-2-4-6-10/h2-6,11-12,16H,7-9H2,1H3,(H,17,22)(H,18,19)(H,20,21). The van der Waals surface area contributed by atoms with Crippen molar-refractivity contribution < 1.29 is 29.3 Å². The number of benzene rings is 1. The van der Waals surface area contributed by atoms with Gasteiger partial charge in [0, 0.05) is 6.54 Å². The molecular weight excluding hydrogens is 304 g/mol. The summed E-state index contributed by atoms with van der Waals surface area (Å²) in [5.41, 5.74) is 0.758. The summed E-state index contributed by atoms with van der Waals surface area (Å²) in [6.07, 6.45) is -1.15. The van der Waals surface area contributed by atoms with E-state index in [9.17, 15) is 14.4 Å². The molecule has 0 aromatic heterocycles. The Labute approximate surface area is 133 Å². The van der Waals surface area contributed by atoms with Gasteiger partial charge in [0.1, 0.15) is 12.6 Å². The summed E-state index contributed by atoms with van der Waals surface area (Å²) < 4.78 is 4.93. The molecule has 0 aliphatic heterocycles. The third-order valence-electron chi connectivity index (χ3n) is 3.12. The number of carbonyl (C=O) groups is 3. The fourth-order valence-corrected chi connectivity index (χ4v) is 1.93. The lowest BCUT2D eigenvalue weighted by Crippen LogP contribution is -2.44. The summed E-state index contributed by atoms with van der Waals surface area (Å²) >= 11 is 0. The highest BCUT2D eigenvalue weighted by Gasteiger charge is 2.28. The van der Waals surface area contributed by atoms with Gasteiger partial charge in [-0.25, -0.2) is 9.59 Å². The van der Waals surface area contributed by atoms with E-state index in [4.69, 9.17) is 14.9 Å². The van der Waals surface area contributed by atoms with Crippen LogP contribution in [-0.2, 0) is 20.9 Å². The highest BCUT2D eigenvalue weighted by Crippen LogP contribution is 2.08. The Kier molecular flexibility index (Phi) is 7.55. The number of hydrogen-bond donors (Lipinski definition) is 4. The second-order valence-electron chi connectivity index (χ2n) is 4.93. The molecule has 4 N–H and O–H groups in total. The topological polar surface area (TPSA) is 125 Å². The molecule has 0 spiro atoms. The van der Waals surface area contributed by atoms with Gasteiger partial charge in [0.15, 0.2) is 0 Å². The lowest BCUT2D eigenvalue weighted by molar-refractivity contribution is -0.144. The van der Waals surface area contributed by atoms with E-state index < -0.39 is 30.0 Å². The van der Waals surface area contributed by atoms with E-state index in [-0.39, 0.29) is 19.6 Å². The molecule has 8 heteroatoms. The van der Waals surface area contributed by atoms with E-state index >= 15 is 0 Å². The van der Waals surface area contributed by atoms with E-state index in [1.165, 1.54) is 0 Å². The van der Waals surface area contributed by atoms with Gasteiger partial charge in [-0.15, -0.1) is 0 Å². The molecule has 0 heterocycles. The minimum atomic E-state index is -1.34. The maximum atomic E-state index is 11.7. The lowest BCUT2D eigenvalue weighted by Gasteiger charge is -2.18. The van der Waals surface area contributed by atoms with Crippen molar-refractivity contribution in [1.29, 1.82) is 0 Å². The molecule has 0 fully saturated rings. The van der Waals surface area contributed by atoms with Crippen LogP contribution in [0.1, 0.15) is 12.0 Å². The number of hydrogen-bond acceptors (Lipinski definition) is 5.